The van der Waals surface area contributed by atoms with Crippen molar-refractivity contribution in [2.75, 3.05) is 5.73 Å². The van der Waals surface area contributed by atoms with E-state index in [9.17, 15) is 0 Å². The van der Waals surface area contributed by atoms with Crippen LogP contribution in [0.3, 0.4) is 0 Å². The van der Waals surface area contributed by atoms with E-state index in [1.807, 2.05) is 0 Å². The van der Waals surface area contributed by atoms with Gasteiger partial charge in [0.1, 0.15) is 4.34 Å². The predicted molar refractivity (Wildman–Crippen MR) is 45.7 cm³/mol. The van der Waals surface area contributed by atoms with Crippen LogP contribution in [0.5, 0.6) is 0 Å². The summed E-state index contributed by atoms with van der Waals surface area (Å²) >= 11 is 7.33. The molecule has 0 unspecified atom stereocenters. The van der Waals surface area contributed by atoms with E-state index in [-0.39, 0.29) is 0 Å². The van der Waals surface area contributed by atoms with Gasteiger partial charge in [0.25, 0.3) is 0 Å². The molecule has 1 aromatic rings. The van der Waals surface area contributed by atoms with Gasteiger partial charge < -0.3 is 5.73 Å². The zero-order valence-corrected chi connectivity index (χ0v) is 7.00. The minimum absolute atomic E-state index is 0.726. The molecule has 3 heteroatoms. The molecule has 0 radical (unpaired) electrons. The van der Waals surface area contributed by atoms with Gasteiger partial charge in [-0.1, -0.05) is 11.6 Å². The van der Waals surface area contributed by atoms with Crippen LogP contribution in [0.1, 0.15) is 24.3 Å². The number of nitrogens with two attached hydrogens (primary N) is 1. The van der Waals surface area contributed by atoms with Crippen LogP contribution in [-0.2, 0) is 0 Å². The molecule has 54 valence electrons. The number of hydrogen-bond acceptors (Lipinski definition) is 2. The zero-order valence-electron chi connectivity index (χ0n) is 5.43. The first-order valence-corrected chi connectivity index (χ1v) is 4.57. The molecule has 1 aromatic heterocycles. The summed E-state index contributed by atoms with van der Waals surface area (Å²) in [6.45, 7) is 0. The van der Waals surface area contributed by atoms with Crippen molar-refractivity contribution in [1.29, 1.82) is 0 Å². The number of rotatable bonds is 1. The summed E-state index contributed by atoms with van der Waals surface area (Å²) < 4.78 is 0.752. The fourth-order valence-corrected chi connectivity index (χ4v) is 2.10. The van der Waals surface area contributed by atoms with Crippen molar-refractivity contribution in [3.63, 3.8) is 0 Å². The molecule has 1 heterocycles. The molecule has 0 saturated heterocycles. The summed E-state index contributed by atoms with van der Waals surface area (Å²) in [5.74, 6) is 0.726. The molecular weight excluding hydrogens is 166 g/mol. The summed E-state index contributed by atoms with van der Waals surface area (Å²) in [4.78, 5) is 0. The molecule has 1 aliphatic rings. The molecule has 1 fully saturated rings. The third-order valence-corrected chi connectivity index (χ3v) is 3.10. The Morgan fingerprint density at radius 1 is 1.60 bits per heavy atom. The first-order chi connectivity index (χ1) is 4.79. The topological polar surface area (TPSA) is 26.0 Å². The molecular formula is C7H8ClNS. The highest BCUT2D eigenvalue weighted by atomic mass is 35.5. The highest BCUT2D eigenvalue weighted by molar-refractivity contribution is 7.15. The monoisotopic (exact) mass is 173 g/mol. The van der Waals surface area contributed by atoms with Crippen LogP contribution in [-0.4, -0.2) is 0 Å². The van der Waals surface area contributed by atoms with E-state index < -0.39 is 0 Å². The fourth-order valence-electron chi connectivity index (χ4n) is 1.07. The van der Waals surface area contributed by atoms with Gasteiger partial charge in [-0.15, -0.1) is 11.3 Å². The van der Waals surface area contributed by atoms with Gasteiger partial charge >= 0.3 is 0 Å². The Morgan fingerprint density at radius 2 is 2.30 bits per heavy atom. The lowest BCUT2D eigenvalue weighted by atomic mass is 10.2. The molecule has 1 nitrogen and oxygen atoms in total. The molecule has 2 rings (SSSR count). The maximum absolute atomic E-state index is 5.79. The maximum Gasteiger partial charge on any atom is 0.116 e. The van der Waals surface area contributed by atoms with Crippen LogP contribution < -0.4 is 5.73 Å². The molecule has 0 bridgehead atoms. The lowest BCUT2D eigenvalue weighted by Gasteiger charge is -1.93. The first-order valence-electron chi connectivity index (χ1n) is 3.31. The second kappa shape index (κ2) is 2.14. The van der Waals surface area contributed by atoms with Crippen molar-refractivity contribution in [1.82, 2.24) is 0 Å². The Bertz CT molecular complexity index is 252. The van der Waals surface area contributed by atoms with E-state index in [4.69, 9.17) is 17.3 Å². The molecule has 0 atom stereocenters. The summed E-state index contributed by atoms with van der Waals surface area (Å²) in [6, 6.07) is 0. The van der Waals surface area contributed by atoms with Crippen LogP contribution in [0.4, 0.5) is 5.69 Å². The lowest BCUT2D eigenvalue weighted by molar-refractivity contribution is 1.15. The van der Waals surface area contributed by atoms with Crippen LogP contribution >= 0.6 is 22.9 Å². The van der Waals surface area contributed by atoms with E-state index in [1.165, 1.54) is 29.7 Å². The molecule has 0 amide bonds. The SMILES string of the molecule is Nc1c(C2CC2)csc1Cl. The summed E-state index contributed by atoms with van der Waals surface area (Å²) in [7, 11) is 0. The number of thiophene rings is 1. The highest BCUT2D eigenvalue weighted by Gasteiger charge is 2.27. The van der Waals surface area contributed by atoms with Gasteiger partial charge in [-0.05, 0) is 29.7 Å². The Labute approximate surface area is 68.8 Å². The van der Waals surface area contributed by atoms with Crippen molar-refractivity contribution in [3.8, 4) is 0 Å². The fraction of sp³-hybridized carbons (Fsp3) is 0.429. The lowest BCUT2D eigenvalue weighted by Crippen LogP contribution is -1.86. The van der Waals surface area contributed by atoms with Gasteiger partial charge in [-0.25, -0.2) is 0 Å². The Morgan fingerprint density at radius 3 is 2.70 bits per heavy atom. The van der Waals surface area contributed by atoms with E-state index in [2.05, 4.69) is 5.38 Å². The van der Waals surface area contributed by atoms with Crippen molar-refractivity contribution >= 4 is 28.6 Å². The summed E-state index contributed by atoms with van der Waals surface area (Å²) in [6.07, 6.45) is 2.58. The molecule has 10 heavy (non-hydrogen) atoms. The molecule has 2 N–H and O–H groups in total. The Kier molecular flexibility index (Phi) is 1.39. The largest absolute Gasteiger partial charge is 0.397 e. The quantitative estimate of drug-likeness (QED) is 0.695. The standard InChI is InChI=1S/C7H8ClNS/c8-7-6(9)5(3-10-7)4-1-2-4/h3-4H,1-2,9H2. The third-order valence-electron chi connectivity index (χ3n) is 1.83. The van der Waals surface area contributed by atoms with Crippen molar-refractivity contribution in [2.24, 2.45) is 0 Å². The minimum Gasteiger partial charge on any atom is -0.397 e. The average molecular weight is 174 g/mol. The van der Waals surface area contributed by atoms with E-state index in [1.54, 1.807) is 0 Å². The Balaban J connectivity index is 2.40. The van der Waals surface area contributed by atoms with Crippen molar-refractivity contribution < 1.29 is 0 Å². The number of hydrogen-bond donors (Lipinski definition) is 1. The van der Waals surface area contributed by atoms with Crippen LogP contribution in [0, 0.1) is 0 Å². The van der Waals surface area contributed by atoms with E-state index in [0.717, 1.165) is 15.9 Å². The summed E-state index contributed by atoms with van der Waals surface area (Å²) in [5.41, 5.74) is 7.81. The van der Waals surface area contributed by atoms with E-state index in [0.29, 0.717) is 0 Å². The van der Waals surface area contributed by atoms with Crippen molar-refractivity contribution in [2.45, 2.75) is 18.8 Å². The number of halogens is 1. The summed E-state index contributed by atoms with van der Waals surface area (Å²) in [5, 5.41) is 2.08. The van der Waals surface area contributed by atoms with Gasteiger partial charge in [0.15, 0.2) is 0 Å². The first kappa shape index (κ1) is 6.50. The molecule has 0 aromatic carbocycles. The van der Waals surface area contributed by atoms with Gasteiger partial charge in [0.2, 0.25) is 0 Å². The highest BCUT2D eigenvalue weighted by Crippen LogP contribution is 2.46. The second-order valence-corrected chi connectivity index (χ2v) is 4.13. The van der Waals surface area contributed by atoms with Crippen molar-refractivity contribution in [3.05, 3.63) is 15.3 Å². The second-order valence-electron chi connectivity index (χ2n) is 2.65. The zero-order chi connectivity index (χ0) is 7.14. The average Bonchev–Trinajstić information content (AvgIpc) is 2.67. The van der Waals surface area contributed by atoms with Crippen LogP contribution in [0.25, 0.3) is 0 Å². The normalized spacial score (nSPS) is 17.7. The van der Waals surface area contributed by atoms with Gasteiger partial charge in [0.05, 0.1) is 5.69 Å². The van der Waals surface area contributed by atoms with Crippen LogP contribution in [0.2, 0.25) is 4.34 Å². The van der Waals surface area contributed by atoms with E-state index >= 15 is 0 Å². The molecule has 1 saturated carbocycles. The number of anilines is 1. The van der Waals surface area contributed by atoms with Gasteiger partial charge in [-0.2, -0.15) is 0 Å². The number of nitrogen functional groups attached to an aromatic ring is 1. The van der Waals surface area contributed by atoms with Gasteiger partial charge in [0, 0.05) is 0 Å². The smallest absolute Gasteiger partial charge is 0.116 e. The Hall–Kier alpha value is -0.210. The van der Waals surface area contributed by atoms with Crippen LogP contribution in [0.15, 0.2) is 5.38 Å². The molecule has 0 spiro atoms. The molecule has 1 aliphatic carbocycles. The van der Waals surface area contributed by atoms with Gasteiger partial charge in [-0.3, -0.25) is 0 Å². The molecule has 0 aliphatic heterocycles. The maximum atomic E-state index is 5.79. The third kappa shape index (κ3) is 0.917. The minimum atomic E-state index is 0.726. The predicted octanol–water partition coefficient (Wildman–Crippen LogP) is 2.86.